The summed E-state index contributed by atoms with van der Waals surface area (Å²) >= 11 is 0. The number of rotatable bonds is 5. The lowest BCUT2D eigenvalue weighted by Crippen LogP contribution is -2.35. The average molecular weight is 170 g/mol. The van der Waals surface area contributed by atoms with Gasteiger partial charge in [0, 0.05) is 12.6 Å². The summed E-state index contributed by atoms with van der Waals surface area (Å²) in [4.78, 5) is 2.57. The van der Waals surface area contributed by atoms with E-state index in [1.807, 2.05) is 0 Å². The second kappa shape index (κ2) is 5.55. The molecule has 0 aromatic carbocycles. The van der Waals surface area contributed by atoms with Crippen LogP contribution in [0.15, 0.2) is 0 Å². The summed E-state index contributed by atoms with van der Waals surface area (Å²) in [5.74, 6) is 0. The molecule has 2 N–H and O–H groups in total. The molecule has 12 heavy (non-hydrogen) atoms. The van der Waals surface area contributed by atoms with Gasteiger partial charge in [0.1, 0.15) is 0 Å². The molecule has 0 amide bonds. The van der Waals surface area contributed by atoms with E-state index >= 15 is 0 Å². The minimum atomic E-state index is 0.696. The van der Waals surface area contributed by atoms with Crippen molar-refractivity contribution >= 4 is 0 Å². The van der Waals surface area contributed by atoms with Crippen LogP contribution in [0.2, 0.25) is 0 Å². The predicted octanol–water partition coefficient (Wildman–Crippen LogP) is 1.60. The lowest BCUT2D eigenvalue weighted by atomic mass is 10.2. The Balaban J connectivity index is 2.12. The van der Waals surface area contributed by atoms with E-state index in [0.29, 0.717) is 6.04 Å². The molecule has 1 unspecified atom stereocenters. The van der Waals surface area contributed by atoms with Crippen molar-refractivity contribution in [3.05, 3.63) is 0 Å². The number of hydrogen-bond acceptors (Lipinski definition) is 2. The quantitative estimate of drug-likeness (QED) is 0.635. The summed E-state index contributed by atoms with van der Waals surface area (Å²) in [5.41, 5.74) is 5.69. The SMILES string of the molecule is CCCCCN1CCCC1CN. The van der Waals surface area contributed by atoms with Crippen LogP contribution in [0, 0.1) is 0 Å². The van der Waals surface area contributed by atoms with Crippen molar-refractivity contribution in [2.45, 2.75) is 45.1 Å². The molecule has 1 saturated heterocycles. The predicted molar refractivity (Wildman–Crippen MR) is 53.2 cm³/mol. The topological polar surface area (TPSA) is 29.3 Å². The molecule has 2 heteroatoms. The van der Waals surface area contributed by atoms with Crippen LogP contribution in [0.5, 0.6) is 0 Å². The highest BCUT2D eigenvalue weighted by atomic mass is 15.2. The van der Waals surface area contributed by atoms with E-state index in [2.05, 4.69) is 11.8 Å². The summed E-state index contributed by atoms with van der Waals surface area (Å²) in [6.07, 6.45) is 6.72. The van der Waals surface area contributed by atoms with Gasteiger partial charge in [0.05, 0.1) is 0 Å². The number of nitrogens with zero attached hydrogens (tertiary/aromatic N) is 1. The Morgan fingerprint density at radius 3 is 2.92 bits per heavy atom. The van der Waals surface area contributed by atoms with E-state index in [1.54, 1.807) is 0 Å². The Morgan fingerprint density at radius 1 is 1.42 bits per heavy atom. The van der Waals surface area contributed by atoms with Gasteiger partial charge in [0.2, 0.25) is 0 Å². The molecule has 1 atom stereocenters. The zero-order chi connectivity index (χ0) is 8.81. The molecule has 1 fully saturated rings. The normalized spacial score (nSPS) is 25.0. The number of hydrogen-bond donors (Lipinski definition) is 1. The highest BCUT2D eigenvalue weighted by Gasteiger charge is 2.21. The van der Waals surface area contributed by atoms with Crippen LogP contribution in [-0.4, -0.2) is 30.6 Å². The van der Waals surface area contributed by atoms with E-state index in [-0.39, 0.29) is 0 Å². The van der Waals surface area contributed by atoms with Crippen LogP contribution in [-0.2, 0) is 0 Å². The van der Waals surface area contributed by atoms with Crippen LogP contribution in [0.4, 0.5) is 0 Å². The first kappa shape index (κ1) is 10.0. The molecule has 1 rings (SSSR count). The second-order valence-electron chi connectivity index (χ2n) is 3.77. The summed E-state index contributed by atoms with van der Waals surface area (Å²) in [7, 11) is 0. The lowest BCUT2D eigenvalue weighted by Gasteiger charge is -2.22. The Morgan fingerprint density at radius 2 is 2.25 bits per heavy atom. The van der Waals surface area contributed by atoms with Crippen molar-refractivity contribution in [3.63, 3.8) is 0 Å². The molecule has 0 saturated carbocycles. The molecule has 0 bridgehead atoms. The van der Waals surface area contributed by atoms with Gasteiger partial charge in [-0.05, 0) is 32.4 Å². The first-order chi connectivity index (χ1) is 5.88. The van der Waals surface area contributed by atoms with Crippen molar-refractivity contribution < 1.29 is 0 Å². The summed E-state index contributed by atoms with van der Waals surface area (Å²) in [5, 5.41) is 0. The van der Waals surface area contributed by atoms with Gasteiger partial charge in [-0.3, -0.25) is 4.90 Å². The number of likely N-dealkylation sites (tertiary alicyclic amines) is 1. The van der Waals surface area contributed by atoms with Gasteiger partial charge in [0.25, 0.3) is 0 Å². The van der Waals surface area contributed by atoms with E-state index < -0.39 is 0 Å². The fourth-order valence-corrected chi connectivity index (χ4v) is 2.02. The van der Waals surface area contributed by atoms with E-state index in [1.165, 1.54) is 45.2 Å². The average Bonchev–Trinajstić information content (AvgIpc) is 2.52. The van der Waals surface area contributed by atoms with Crippen LogP contribution in [0.3, 0.4) is 0 Å². The molecule has 0 spiro atoms. The molecule has 2 nitrogen and oxygen atoms in total. The second-order valence-corrected chi connectivity index (χ2v) is 3.77. The Kier molecular flexibility index (Phi) is 4.62. The Hall–Kier alpha value is -0.0800. The minimum Gasteiger partial charge on any atom is -0.329 e. The first-order valence-electron chi connectivity index (χ1n) is 5.32. The molecule has 0 aliphatic carbocycles. The van der Waals surface area contributed by atoms with Gasteiger partial charge in [0.15, 0.2) is 0 Å². The Labute approximate surface area is 76.1 Å². The molecule has 1 heterocycles. The van der Waals surface area contributed by atoms with Crippen LogP contribution in [0.1, 0.15) is 39.0 Å². The third-order valence-corrected chi connectivity index (χ3v) is 2.82. The smallest absolute Gasteiger partial charge is 0.0218 e. The van der Waals surface area contributed by atoms with Crippen LogP contribution < -0.4 is 5.73 Å². The monoisotopic (exact) mass is 170 g/mol. The molecule has 0 radical (unpaired) electrons. The summed E-state index contributed by atoms with van der Waals surface area (Å²) in [6, 6.07) is 0.696. The fourth-order valence-electron chi connectivity index (χ4n) is 2.02. The molecule has 1 aliphatic heterocycles. The maximum Gasteiger partial charge on any atom is 0.0218 e. The standard InChI is InChI=1S/C10H22N2/c1-2-3-4-7-12-8-5-6-10(12)9-11/h10H,2-9,11H2,1H3. The van der Waals surface area contributed by atoms with Gasteiger partial charge in [-0.1, -0.05) is 19.8 Å². The maximum atomic E-state index is 5.69. The largest absolute Gasteiger partial charge is 0.329 e. The summed E-state index contributed by atoms with van der Waals surface area (Å²) in [6.45, 7) is 5.66. The third kappa shape index (κ3) is 2.76. The zero-order valence-corrected chi connectivity index (χ0v) is 8.26. The summed E-state index contributed by atoms with van der Waals surface area (Å²) < 4.78 is 0. The van der Waals surface area contributed by atoms with Gasteiger partial charge in [-0.2, -0.15) is 0 Å². The maximum absolute atomic E-state index is 5.69. The molecular weight excluding hydrogens is 148 g/mol. The van der Waals surface area contributed by atoms with Crippen LogP contribution in [0.25, 0.3) is 0 Å². The van der Waals surface area contributed by atoms with Crippen molar-refractivity contribution in [3.8, 4) is 0 Å². The Bertz CT molecular complexity index is 114. The highest BCUT2D eigenvalue weighted by molar-refractivity contribution is 4.79. The van der Waals surface area contributed by atoms with E-state index in [9.17, 15) is 0 Å². The van der Waals surface area contributed by atoms with Crippen LogP contribution >= 0.6 is 0 Å². The molecule has 0 aromatic heterocycles. The van der Waals surface area contributed by atoms with Crippen molar-refractivity contribution in [2.24, 2.45) is 5.73 Å². The molecule has 0 aromatic rings. The lowest BCUT2D eigenvalue weighted by molar-refractivity contribution is 0.253. The third-order valence-electron chi connectivity index (χ3n) is 2.82. The van der Waals surface area contributed by atoms with Gasteiger partial charge in [-0.25, -0.2) is 0 Å². The number of unbranched alkanes of at least 4 members (excludes halogenated alkanes) is 2. The van der Waals surface area contributed by atoms with Crippen molar-refractivity contribution in [2.75, 3.05) is 19.6 Å². The first-order valence-corrected chi connectivity index (χ1v) is 5.32. The number of nitrogens with two attached hydrogens (primary N) is 1. The molecular formula is C10H22N2. The van der Waals surface area contributed by atoms with E-state index in [4.69, 9.17) is 5.73 Å². The van der Waals surface area contributed by atoms with Crippen molar-refractivity contribution in [1.29, 1.82) is 0 Å². The molecule has 72 valence electrons. The highest BCUT2D eigenvalue weighted by Crippen LogP contribution is 2.16. The van der Waals surface area contributed by atoms with Gasteiger partial charge in [-0.15, -0.1) is 0 Å². The fraction of sp³-hybridized carbons (Fsp3) is 1.00. The van der Waals surface area contributed by atoms with Gasteiger partial charge < -0.3 is 5.73 Å². The minimum absolute atomic E-state index is 0.696. The van der Waals surface area contributed by atoms with Gasteiger partial charge >= 0.3 is 0 Å². The zero-order valence-electron chi connectivity index (χ0n) is 8.26. The van der Waals surface area contributed by atoms with E-state index in [0.717, 1.165) is 6.54 Å². The van der Waals surface area contributed by atoms with Crippen molar-refractivity contribution in [1.82, 2.24) is 4.90 Å². The molecule has 1 aliphatic rings.